The quantitative estimate of drug-likeness (QED) is 0.766. The van der Waals surface area contributed by atoms with E-state index in [9.17, 15) is 13.2 Å². The molecule has 6 heteroatoms. The summed E-state index contributed by atoms with van der Waals surface area (Å²) in [7, 11) is -2.19. The highest BCUT2D eigenvalue weighted by molar-refractivity contribution is 7.89. The van der Waals surface area contributed by atoms with Crippen LogP contribution < -0.4 is 0 Å². The van der Waals surface area contributed by atoms with Gasteiger partial charge in [0.05, 0.1) is 11.5 Å². The van der Waals surface area contributed by atoms with Crippen LogP contribution in [0, 0.1) is 0 Å². The summed E-state index contributed by atoms with van der Waals surface area (Å²) in [5, 5.41) is 8.77. The largest absolute Gasteiger partial charge is 0.395 e. The molecule has 0 spiro atoms. The Morgan fingerprint density at radius 1 is 1.26 bits per heavy atom. The molecule has 0 fully saturated rings. The number of sulfonamides is 1. The first-order chi connectivity index (χ1) is 8.93. The molecule has 0 atom stereocenters. The van der Waals surface area contributed by atoms with Crippen LogP contribution in [0.4, 0.5) is 0 Å². The second-order valence-electron chi connectivity index (χ2n) is 4.25. The molecular weight excluding hydrogens is 266 g/mol. The number of hydrogen-bond donors (Lipinski definition) is 1. The maximum absolute atomic E-state index is 12.1. The molecule has 0 radical (unpaired) electrons. The van der Waals surface area contributed by atoms with Crippen LogP contribution in [0.15, 0.2) is 29.2 Å². The van der Waals surface area contributed by atoms with Crippen molar-refractivity contribution in [1.29, 1.82) is 0 Å². The fourth-order valence-electron chi connectivity index (χ4n) is 1.63. The smallest absolute Gasteiger partial charge is 0.242 e. The Kier molecular flexibility index (Phi) is 5.65. The zero-order chi connectivity index (χ0) is 14.5. The van der Waals surface area contributed by atoms with Gasteiger partial charge < -0.3 is 5.11 Å². The number of ketones is 1. The van der Waals surface area contributed by atoms with Crippen LogP contribution in [0.25, 0.3) is 0 Å². The molecule has 0 saturated carbocycles. The maximum atomic E-state index is 12.1. The Morgan fingerprint density at radius 3 is 2.32 bits per heavy atom. The van der Waals surface area contributed by atoms with E-state index in [1.165, 1.54) is 31.3 Å². The van der Waals surface area contributed by atoms with Crippen LogP contribution in [0.2, 0.25) is 0 Å². The molecule has 0 heterocycles. The Labute approximate surface area is 113 Å². The molecule has 106 valence electrons. The predicted molar refractivity (Wildman–Crippen MR) is 72.6 cm³/mol. The van der Waals surface area contributed by atoms with Crippen molar-refractivity contribution in [3.8, 4) is 0 Å². The standard InChI is InChI=1S/C13H19NO4S/c1-3-4-13(16)11-5-7-12(8-6-11)19(17,18)14(2)9-10-15/h5-8,15H,3-4,9-10H2,1-2H3. The summed E-state index contributed by atoms with van der Waals surface area (Å²) in [5.41, 5.74) is 0.519. The first kappa shape index (κ1) is 15.8. The molecule has 0 aliphatic carbocycles. The van der Waals surface area contributed by atoms with Gasteiger partial charge in [-0.05, 0) is 18.6 Å². The molecule has 0 bridgehead atoms. The van der Waals surface area contributed by atoms with Crippen LogP contribution in [-0.4, -0.2) is 43.8 Å². The third-order valence-electron chi connectivity index (χ3n) is 2.78. The van der Waals surface area contributed by atoms with Gasteiger partial charge >= 0.3 is 0 Å². The highest BCUT2D eigenvalue weighted by Crippen LogP contribution is 2.16. The fourth-order valence-corrected chi connectivity index (χ4v) is 2.79. The van der Waals surface area contributed by atoms with E-state index < -0.39 is 10.0 Å². The van der Waals surface area contributed by atoms with Gasteiger partial charge in [0, 0.05) is 25.6 Å². The van der Waals surface area contributed by atoms with Crippen molar-refractivity contribution in [2.75, 3.05) is 20.2 Å². The van der Waals surface area contributed by atoms with E-state index >= 15 is 0 Å². The van der Waals surface area contributed by atoms with Gasteiger partial charge in [-0.25, -0.2) is 8.42 Å². The third-order valence-corrected chi connectivity index (χ3v) is 4.65. The third kappa shape index (κ3) is 3.86. The van der Waals surface area contributed by atoms with Gasteiger partial charge in [-0.3, -0.25) is 4.79 Å². The van der Waals surface area contributed by atoms with Gasteiger partial charge in [0.25, 0.3) is 0 Å². The zero-order valence-corrected chi connectivity index (χ0v) is 12.0. The van der Waals surface area contributed by atoms with Crippen LogP contribution in [0.3, 0.4) is 0 Å². The van der Waals surface area contributed by atoms with Gasteiger partial charge in [-0.15, -0.1) is 0 Å². The van der Waals surface area contributed by atoms with Crippen molar-refractivity contribution in [2.45, 2.75) is 24.7 Å². The van der Waals surface area contributed by atoms with Gasteiger partial charge in [0.2, 0.25) is 10.0 Å². The Morgan fingerprint density at radius 2 is 1.84 bits per heavy atom. The van der Waals surface area contributed by atoms with E-state index in [1.807, 2.05) is 6.92 Å². The number of Topliss-reactive ketones (excluding diaryl/α,β-unsaturated/α-hetero) is 1. The molecule has 5 nitrogen and oxygen atoms in total. The molecule has 0 saturated heterocycles. The summed E-state index contributed by atoms with van der Waals surface area (Å²) in [6, 6.07) is 5.90. The molecular formula is C13H19NO4S. The van der Waals surface area contributed by atoms with Crippen LogP contribution in [0.1, 0.15) is 30.1 Å². The minimum absolute atomic E-state index is 0.00941. The molecule has 19 heavy (non-hydrogen) atoms. The summed E-state index contributed by atoms with van der Waals surface area (Å²) in [6.45, 7) is 1.72. The summed E-state index contributed by atoms with van der Waals surface area (Å²) in [6.07, 6.45) is 1.22. The lowest BCUT2D eigenvalue weighted by Gasteiger charge is -2.15. The van der Waals surface area contributed by atoms with Crippen molar-refractivity contribution in [3.63, 3.8) is 0 Å². The first-order valence-corrected chi connectivity index (χ1v) is 7.58. The fraction of sp³-hybridized carbons (Fsp3) is 0.462. The summed E-state index contributed by atoms with van der Waals surface area (Å²) in [5.74, 6) is 0.00941. The van der Waals surface area contributed by atoms with Crippen LogP contribution in [-0.2, 0) is 10.0 Å². The molecule has 0 aliphatic rings. The van der Waals surface area contributed by atoms with Gasteiger partial charge in [-0.1, -0.05) is 19.1 Å². The number of likely N-dealkylation sites (N-methyl/N-ethyl adjacent to an activating group) is 1. The summed E-state index contributed by atoms with van der Waals surface area (Å²) >= 11 is 0. The summed E-state index contributed by atoms with van der Waals surface area (Å²) < 4.78 is 25.2. The number of hydrogen-bond acceptors (Lipinski definition) is 4. The number of nitrogens with zero attached hydrogens (tertiary/aromatic N) is 1. The number of carbonyl (C=O) groups excluding carboxylic acids is 1. The molecule has 0 aliphatic heterocycles. The van der Waals surface area contributed by atoms with E-state index in [4.69, 9.17) is 5.11 Å². The second-order valence-corrected chi connectivity index (χ2v) is 6.29. The number of aliphatic hydroxyl groups is 1. The molecule has 1 rings (SSSR count). The average Bonchev–Trinajstić information content (AvgIpc) is 2.39. The lowest BCUT2D eigenvalue weighted by molar-refractivity contribution is 0.0981. The molecule has 1 N–H and O–H groups in total. The van der Waals surface area contributed by atoms with Crippen LogP contribution >= 0.6 is 0 Å². The van der Waals surface area contributed by atoms with Crippen molar-refractivity contribution in [3.05, 3.63) is 29.8 Å². The van der Waals surface area contributed by atoms with Crippen molar-refractivity contribution < 1.29 is 18.3 Å². The predicted octanol–water partition coefficient (Wildman–Crippen LogP) is 1.28. The number of rotatable bonds is 7. The number of aliphatic hydroxyl groups excluding tert-OH is 1. The van der Waals surface area contributed by atoms with Crippen molar-refractivity contribution >= 4 is 15.8 Å². The molecule has 1 aromatic rings. The number of carbonyl (C=O) groups is 1. The number of benzene rings is 1. The van der Waals surface area contributed by atoms with Crippen molar-refractivity contribution in [2.24, 2.45) is 0 Å². The van der Waals surface area contributed by atoms with E-state index in [2.05, 4.69) is 0 Å². The summed E-state index contributed by atoms with van der Waals surface area (Å²) in [4.78, 5) is 11.8. The Balaban J connectivity index is 2.95. The molecule has 0 amide bonds. The average molecular weight is 285 g/mol. The lowest BCUT2D eigenvalue weighted by Crippen LogP contribution is -2.29. The van der Waals surface area contributed by atoms with Gasteiger partial charge in [-0.2, -0.15) is 4.31 Å². The molecule has 1 aromatic carbocycles. The Bertz CT molecular complexity index is 522. The SMILES string of the molecule is CCCC(=O)c1ccc(S(=O)(=O)N(C)CCO)cc1. The highest BCUT2D eigenvalue weighted by atomic mass is 32.2. The van der Waals surface area contributed by atoms with Crippen LogP contribution in [0.5, 0.6) is 0 Å². The monoisotopic (exact) mass is 285 g/mol. The normalized spacial score (nSPS) is 11.8. The van der Waals surface area contributed by atoms with E-state index in [0.29, 0.717) is 12.0 Å². The first-order valence-electron chi connectivity index (χ1n) is 6.14. The Hall–Kier alpha value is -1.24. The minimum atomic E-state index is -3.59. The van der Waals surface area contributed by atoms with Gasteiger partial charge in [0.1, 0.15) is 0 Å². The zero-order valence-electron chi connectivity index (χ0n) is 11.2. The maximum Gasteiger partial charge on any atom is 0.242 e. The van der Waals surface area contributed by atoms with E-state index in [-0.39, 0.29) is 23.8 Å². The highest BCUT2D eigenvalue weighted by Gasteiger charge is 2.20. The minimum Gasteiger partial charge on any atom is -0.395 e. The van der Waals surface area contributed by atoms with E-state index in [0.717, 1.165) is 10.7 Å². The lowest BCUT2D eigenvalue weighted by atomic mass is 10.1. The van der Waals surface area contributed by atoms with E-state index in [1.54, 1.807) is 0 Å². The molecule has 0 unspecified atom stereocenters. The van der Waals surface area contributed by atoms with Gasteiger partial charge in [0.15, 0.2) is 5.78 Å². The molecule has 0 aromatic heterocycles. The van der Waals surface area contributed by atoms with Crippen molar-refractivity contribution in [1.82, 2.24) is 4.31 Å². The second kappa shape index (κ2) is 6.79. The topological polar surface area (TPSA) is 74.7 Å².